The van der Waals surface area contributed by atoms with Crippen LogP contribution in [-0.4, -0.2) is 0 Å². The Hall–Kier alpha value is -1.26. The molecule has 0 saturated heterocycles. The van der Waals surface area contributed by atoms with Crippen molar-refractivity contribution in [3.05, 3.63) is 47.5 Å². The molecule has 0 aromatic heterocycles. The largest absolute Gasteiger partial charge is 0.398 e. The first-order valence-electron chi connectivity index (χ1n) is 6.01. The third-order valence-electron chi connectivity index (χ3n) is 3.48. The molecule has 0 heterocycles. The van der Waals surface area contributed by atoms with Crippen LogP contribution in [0.4, 0.5) is 11.4 Å². The number of anilines is 2. The summed E-state index contributed by atoms with van der Waals surface area (Å²) >= 11 is 9.07. The summed E-state index contributed by atoms with van der Waals surface area (Å²) in [5.74, 6) is 0. The van der Waals surface area contributed by atoms with Gasteiger partial charge in [-0.2, -0.15) is 0 Å². The Labute approximate surface area is 125 Å². The van der Waals surface area contributed by atoms with Gasteiger partial charge in [0, 0.05) is 26.6 Å². The van der Waals surface area contributed by atoms with Gasteiger partial charge in [-0.3, -0.25) is 0 Å². The van der Waals surface area contributed by atoms with E-state index in [1.165, 1.54) is 0 Å². The van der Waals surface area contributed by atoms with Crippen molar-refractivity contribution >= 4 is 36.6 Å². The lowest BCUT2D eigenvalue weighted by Gasteiger charge is -2.29. The lowest BCUT2D eigenvalue weighted by Crippen LogP contribution is -2.21. The average molecular weight is 290 g/mol. The van der Waals surface area contributed by atoms with Crippen molar-refractivity contribution < 1.29 is 0 Å². The summed E-state index contributed by atoms with van der Waals surface area (Å²) in [7, 11) is 0. The van der Waals surface area contributed by atoms with E-state index >= 15 is 0 Å². The minimum atomic E-state index is -0.265. The van der Waals surface area contributed by atoms with Crippen LogP contribution in [0, 0.1) is 0 Å². The van der Waals surface area contributed by atoms with Crippen LogP contribution in [0.1, 0.15) is 25.0 Å². The fourth-order valence-electron chi connectivity index (χ4n) is 2.28. The number of nitrogen functional groups attached to an aromatic ring is 2. The summed E-state index contributed by atoms with van der Waals surface area (Å²) in [5.41, 5.74) is 15.1. The average Bonchev–Trinajstić information content (AvgIpc) is 2.35. The Morgan fingerprint density at radius 3 is 1.53 bits per heavy atom. The van der Waals surface area contributed by atoms with E-state index in [0.29, 0.717) is 11.4 Å². The summed E-state index contributed by atoms with van der Waals surface area (Å²) in [6.07, 6.45) is 0. The normalized spacial score (nSPS) is 11.6. The predicted octanol–water partition coefficient (Wildman–Crippen LogP) is 3.75. The van der Waals surface area contributed by atoms with Crippen molar-refractivity contribution in [2.45, 2.75) is 29.1 Å². The molecule has 2 nitrogen and oxygen atoms in total. The van der Waals surface area contributed by atoms with E-state index in [0.717, 1.165) is 20.9 Å². The molecule has 0 aliphatic rings. The molecule has 0 atom stereocenters. The number of nitrogens with two attached hydrogens (primary N) is 2. The van der Waals surface area contributed by atoms with Crippen molar-refractivity contribution in [3.63, 3.8) is 0 Å². The van der Waals surface area contributed by atoms with Gasteiger partial charge < -0.3 is 11.5 Å². The van der Waals surface area contributed by atoms with Crippen LogP contribution >= 0.6 is 25.3 Å². The highest BCUT2D eigenvalue weighted by Gasteiger charge is 2.28. The number of hydrogen-bond acceptors (Lipinski definition) is 4. The topological polar surface area (TPSA) is 52.0 Å². The molecule has 0 aliphatic heterocycles. The molecule has 2 aromatic carbocycles. The smallest absolute Gasteiger partial charge is 0.0452 e. The predicted molar refractivity (Wildman–Crippen MR) is 88.3 cm³/mol. The van der Waals surface area contributed by atoms with Gasteiger partial charge in [-0.05, 0) is 23.3 Å². The molecular formula is C15H18N2S2. The Morgan fingerprint density at radius 2 is 1.16 bits per heavy atom. The number of thiol groups is 2. The van der Waals surface area contributed by atoms with Crippen LogP contribution in [-0.2, 0) is 5.41 Å². The molecule has 0 amide bonds. The molecule has 19 heavy (non-hydrogen) atoms. The van der Waals surface area contributed by atoms with Gasteiger partial charge in [0.25, 0.3) is 0 Å². The van der Waals surface area contributed by atoms with Gasteiger partial charge in [0.15, 0.2) is 0 Å². The SMILES string of the molecule is CC(C)(c1cccc(N)c1S)c1cccc(N)c1S. The van der Waals surface area contributed by atoms with Crippen LogP contribution in [0.2, 0.25) is 0 Å². The minimum absolute atomic E-state index is 0.265. The zero-order valence-electron chi connectivity index (χ0n) is 11.0. The molecule has 100 valence electrons. The van der Waals surface area contributed by atoms with Crippen molar-refractivity contribution in [3.8, 4) is 0 Å². The van der Waals surface area contributed by atoms with Crippen molar-refractivity contribution in [2.75, 3.05) is 11.5 Å². The van der Waals surface area contributed by atoms with Gasteiger partial charge in [0.2, 0.25) is 0 Å². The number of hydrogen-bond donors (Lipinski definition) is 4. The molecule has 2 rings (SSSR count). The van der Waals surface area contributed by atoms with Crippen LogP contribution < -0.4 is 11.5 Å². The van der Waals surface area contributed by atoms with Gasteiger partial charge in [-0.15, -0.1) is 25.3 Å². The van der Waals surface area contributed by atoms with E-state index in [1.807, 2.05) is 36.4 Å². The highest BCUT2D eigenvalue weighted by molar-refractivity contribution is 7.80. The fraction of sp³-hybridized carbons (Fsp3) is 0.200. The number of rotatable bonds is 2. The zero-order chi connectivity index (χ0) is 14.2. The molecule has 0 saturated carbocycles. The van der Waals surface area contributed by atoms with Crippen molar-refractivity contribution in [1.29, 1.82) is 0 Å². The fourth-order valence-corrected chi connectivity index (χ4v) is 3.13. The zero-order valence-corrected chi connectivity index (χ0v) is 12.8. The molecular weight excluding hydrogens is 272 g/mol. The lowest BCUT2D eigenvalue weighted by atomic mass is 9.77. The van der Waals surface area contributed by atoms with Crippen LogP contribution in [0.3, 0.4) is 0 Å². The highest BCUT2D eigenvalue weighted by Crippen LogP contribution is 2.40. The van der Waals surface area contributed by atoms with Crippen LogP contribution in [0.15, 0.2) is 46.2 Å². The van der Waals surface area contributed by atoms with Crippen LogP contribution in [0.25, 0.3) is 0 Å². The third kappa shape index (κ3) is 2.42. The van der Waals surface area contributed by atoms with E-state index in [2.05, 4.69) is 39.1 Å². The van der Waals surface area contributed by atoms with Gasteiger partial charge in [0.1, 0.15) is 0 Å². The van der Waals surface area contributed by atoms with E-state index in [9.17, 15) is 0 Å². The molecule has 2 aromatic rings. The lowest BCUT2D eigenvalue weighted by molar-refractivity contribution is 0.616. The first-order valence-corrected chi connectivity index (χ1v) is 6.91. The quantitative estimate of drug-likeness (QED) is 0.503. The van der Waals surface area contributed by atoms with Crippen LogP contribution in [0.5, 0.6) is 0 Å². The minimum Gasteiger partial charge on any atom is -0.398 e. The summed E-state index contributed by atoms with van der Waals surface area (Å²) in [6.45, 7) is 4.24. The molecule has 4 N–H and O–H groups in total. The second-order valence-corrected chi connectivity index (χ2v) is 6.01. The van der Waals surface area contributed by atoms with E-state index in [1.54, 1.807) is 0 Å². The van der Waals surface area contributed by atoms with Crippen molar-refractivity contribution in [1.82, 2.24) is 0 Å². The van der Waals surface area contributed by atoms with E-state index in [4.69, 9.17) is 11.5 Å². The Bertz CT molecular complexity index is 568. The molecule has 4 heteroatoms. The monoisotopic (exact) mass is 290 g/mol. The molecule has 0 fully saturated rings. The molecule has 0 radical (unpaired) electrons. The second kappa shape index (κ2) is 5.02. The highest BCUT2D eigenvalue weighted by atomic mass is 32.1. The standard InChI is InChI=1S/C15H18N2S2/c1-15(2,9-5-3-7-11(16)13(9)18)10-6-4-8-12(17)14(10)19/h3-8,18-19H,16-17H2,1-2H3. The maximum Gasteiger partial charge on any atom is 0.0452 e. The molecule has 0 bridgehead atoms. The van der Waals surface area contributed by atoms with Gasteiger partial charge >= 0.3 is 0 Å². The summed E-state index contributed by atoms with van der Waals surface area (Å²) in [6, 6.07) is 11.7. The summed E-state index contributed by atoms with van der Waals surface area (Å²) in [5, 5.41) is 0. The molecule has 0 aliphatic carbocycles. The van der Waals surface area contributed by atoms with Gasteiger partial charge in [-0.25, -0.2) is 0 Å². The van der Waals surface area contributed by atoms with Crippen molar-refractivity contribution in [2.24, 2.45) is 0 Å². The summed E-state index contributed by atoms with van der Waals surface area (Å²) < 4.78 is 0. The van der Waals surface area contributed by atoms with Gasteiger partial charge in [-0.1, -0.05) is 38.1 Å². The van der Waals surface area contributed by atoms with E-state index in [-0.39, 0.29) is 5.41 Å². The number of benzene rings is 2. The summed E-state index contributed by atoms with van der Waals surface area (Å²) in [4.78, 5) is 1.62. The Balaban J connectivity index is 2.65. The maximum absolute atomic E-state index is 5.94. The third-order valence-corrected chi connectivity index (χ3v) is 4.48. The first kappa shape index (κ1) is 14.2. The van der Waals surface area contributed by atoms with E-state index < -0.39 is 0 Å². The maximum atomic E-state index is 5.94. The van der Waals surface area contributed by atoms with Gasteiger partial charge in [0.05, 0.1) is 0 Å². The first-order chi connectivity index (χ1) is 8.85. The molecule has 0 spiro atoms. The second-order valence-electron chi connectivity index (χ2n) is 5.11. The Kier molecular flexibility index (Phi) is 3.74. The Morgan fingerprint density at radius 1 is 0.789 bits per heavy atom. The molecule has 0 unspecified atom stereocenters.